The number of nitrogens with one attached hydrogen (secondary N) is 2. The Labute approximate surface area is 124 Å². The van der Waals surface area contributed by atoms with Gasteiger partial charge in [0.2, 0.25) is 11.8 Å². The molecule has 0 bridgehead atoms. The molecule has 1 aromatic rings. The molecule has 2 N–H and O–H groups in total. The van der Waals surface area contributed by atoms with Crippen molar-refractivity contribution < 1.29 is 9.59 Å². The van der Waals surface area contributed by atoms with Gasteiger partial charge in [0, 0.05) is 0 Å². The molecule has 2 fully saturated rings. The van der Waals surface area contributed by atoms with Gasteiger partial charge in [-0.2, -0.15) is 10.2 Å². The number of nitroso groups, excluding NO2 is 2. The van der Waals surface area contributed by atoms with Crippen molar-refractivity contribution in [2.75, 3.05) is 0 Å². The quantitative estimate of drug-likeness (QED) is 0.785. The summed E-state index contributed by atoms with van der Waals surface area (Å²) in [5.41, 5.74) is 6.13. The predicted octanol–water partition coefficient (Wildman–Crippen LogP) is 0.605. The number of amides is 2. The lowest BCUT2D eigenvalue weighted by Crippen LogP contribution is -2.29. The molecule has 2 heterocycles. The van der Waals surface area contributed by atoms with Crippen LogP contribution in [0.3, 0.4) is 0 Å². The van der Waals surface area contributed by atoms with E-state index in [0.29, 0.717) is 0 Å². The van der Waals surface area contributed by atoms with Crippen molar-refractivity contribution in [1.29, 1.82) is 0 Å². The zero-order chi connectivity index (χ0) is 15.7. The van der Waals surface area contributed by atoms with Crippen molar-refractivity contribution >= 4 is 11.8 Å². The van der Waals surface area contributed by atoms with Gasteiger partial charge in [-0.1, -0.05) is 24.3 Å². The third-order valence-corrected chi connectivity index (χ3v) is 3.71. The average molecular weight is 304 g/mol. The number of hydrazine groups is 2. The van der Waals surface area contributed by atoms with Crippen LogP contribution in [0, 0.1) is 9.81 Å². The second kappa shape index (κ2) is 5.39. The van der Waals surface area contributed by atoms with E-state index < -0.39 is 12.1 Å². The second-order valence-electron chi connectivity index (χ2n) is 5.03. The second-order valence-corrected chi connectivity index (χ2v) is 5.03. The van der Waals surface area contributed by atoms with Crippen LogP contribution >= 0.6 is 0 Å². The molecule has 2 saturated heterocycles. The van der Waals surface area contributed by atoms with Crippen LogP contribution in [0.2, 0.25) is 0 Å². The summed E-state index contributed by atoms with van der Waals surface area (Å²) >= 11 is 0. The largest absolute Gasteiger partial charge is 0.273 e. The van der Waals surface area contributed by atoms with E-state index in [2.05, 4.69) is 21.4 Å². The first-order valence-electron chi connectivity index (χ1n) is 6.56. The molecule has 114 valence electrons. The van der Waals surface area contributed by atoms with Gasteiger partial charge in [-0.25, -0.2) is 10.9 Å². The molecule has 10 nitrogen and oxygen atoms in total. The zero-order valence-corrected chi connectivity index (χ0v) is 11.3. The van der Waals surface area contributed by atoms with Gasteiger partial charge in [0.15, 0.2) is 0 Å². The van der Waals surface area contributed by atoms with Gasteiger partial charge < -0.3 is 0 Å². The van der Waals surface area contributed by atoms with Gasteiger partial charge >= 0.3 is 0 Å². The Bertz CT molecular complexity index is 578. The maximum absolute atomic E-state index is 11.3. The highest BCUT2D eigenvalue weighted by molar-refractivity contribution is 5.79. The van der Waals surface area contributed by atoms with Crippen molar-refractivity contribution in [3.8, 4) is 0 Å². The Morgan fingerprint density at radius 2 is 1.18 bits per heavy atom. The minimum atomic E-state index is -0.470. The first-order valence-corrected chi connectivity index (χ1v) is 6.56. The van der Waals surface area contributed by atoms with E-state index in [1.54, 1.807) is 24.3 Å². The topological polar surface area (TPSA) is 124 Å². The van der Waals surface area contributed by atoms with Crippen LogP contribution in [0.4, 0.5) is 0 Å². The third kappa shape index (κ3) is 2.34. The van der Waals surface area contributed by atoms with Crippen LogP contribution < -0.4 is 10.9 Å². The summed E-state index contributed by atoms with van der Waals surface area (Å²) in [6.45, 7) is 0. The summed E-state index contributed by atoms with van der Waals surface area (Å²) in [5.74, 6) is -0.564. The van der Waals surface area contributed by atoms with Crippen LogP contribution in [0.1, 0.15) is 36.1 Å². The number of hydrogen-bond acceptors (Lipinski definition) is 6. The summed E-state index contributed by atoms with van der Waals surface area (Å²) in [6, 6.07) is 5.97. The highest BCUT2D eigenvalue weighted by atomic mass is 16.3. The monoisotopic (exact) mass is 304 g/mol. The Balaban J connectivity index is 1.81. The molecule has 2 atom stereocenters. The maximum atomic E-state index is 11.3. The van der Waals surface area contributed by atoms with E-state index >= 15 is 0 Å². The fraction of sp³-hybridized carbons (Fsp3) is 0.333. The standard InChI is InChI=1S/C12H12N6O4/c19-11-5-9(17(13-11)15-21)7-1-2-8(4-3-7)10-6-12(20)14-18(10)16-22/h1-4,9-10H,5-6H2,(H,13,19)(H,14,20)/t9-,10-/m1/s1. The molecule has 0 aromatic heterocycles. The molecule has 1 aromatic carbocycles. The molecular formula is C12H12N6O4. The van der Waals surface area contributed by atoms with Gasteiger partial charge in [-0.15, -0.1) is 9.81 Å². The first kappa shape index (κ1) is 13.9. The summed E-state index contributed by atoms with van der Waals surface area (Å²) in [5, 5.41) is 7.47. The van der Waals surface area contributed by atoms with E-state index in [1.165, 1.54) is 0 Å². The Hall–Kier alpha value is -3.04. The number of hydrogen-bond donors (Lipinski definition) is 2. The maximum Gasteiger partial charge on any atom is 0.242 e. The molecule has 0 saturated carbocycles. The highest BCUT2D eigenvalue weighted by Crippen LogP contribution is 2.31. The van der Waals surface area contributed by atoms with Gasteiger partial charge in [0.25, 0.3) is 0 Å². The van der Waals surface area contributed by atoms with Crippen LogP contribution in [0.15, 0.2) is 34.8 Å². The molecule has 0 aliphatic carbocycles. The molecule has 22 heavy (non-hydrogen) atoms. The molecule has 2 aliphatic heterocycles. The summed E-state index contributed by atoms with van der Waals surface area (Å²) in [4.78, 5) is 44.1. The van der Waals surface area contributed by atoms with Gasteiger partial charge in [0.05, 0.1) is 23.4 Å². The van der Waals surface area contributed by atoms with Crippen molar-refractivity contribution in [3.63, 3.8) is 0 Å². The molecule has 3 rings (SSSR count). The van der Waals surface area contributed by atoms with Crippen LogP contribution in [-0.4, -0.2) is 22.1 Å². The lowest BCUT2D eigenvalue weighted by atomic mass is 9.99. The van der Waals surface area contributed by atoms with Crippen LogP contribution in [0.25, 0.3) is 0 Å². The fourth-order valence-electron chi connectivity index (χ4n) is 2.64. The van der Waals surface area contributed by atoms with E-state index in [1.807, 2.05) is 0 Å². The first-order chi connectivity index (χ1) is 10.6. The van der Waals surface area contributed by atoms with E-state index in [-0.39, 0.29) is 24.7 Å². The molecule has 0 radical (unpaired) electrons. The number of benzene rings is 1. The number of carbonyl (C=O) groups excluding carboxylic acids is 2. The van der Waals surface area contributed by atoms with Crippen LogP contribution in [0.5, 0.6) is 0 Å². The fourth-order valence-corrected chi connectivity index (χ4v) is 2.64. The van der Waals surface area contributed by atoms with E-state index in [9.17, 15) is 19.4 Å². The van der Waals surface area contributed by atoms with Crippen LogP contribution in [-0.2, 0) is 9.59 Å². The minimum absolute atomic E-state index is 0.135. The zero-order valence-electron chi connectivity index (χ0n) is 11.3. The minimum Gasteiger partial charge on any atom is -0.273 e. The average Bonchev–Trinajstić information content (AvgIpc) is 3.09. The smallest absolute Gasteiger partial charge is 0.242 e. The highest BCUT2D eigenvalue weighted by Gasteiger charge is 2.34. The van der Waals surface area contributed by atoms with Crippen molar-refractivity contribution in [2.45, 2.75) is 24.9 Å². The lowest BCUT2D eigenvalue weighted by molar-refractivity contribution is -0.121. The summed E-state index contributed by atoms with van der Waals surface area (Å²) in [6.07, 6.45) is 0.271. The van der Waals surface area contributed by atoms with Crippen molar-refractivity contribution in [1.82, 2.24) is 21.1 Å². The van der Waals surface area contributed by atoms with Crippen molar-refractivity contribution in [2.24, 2.45) is 10.6 Å². The van der Waals surface area contributed by atoms with Gasteiger partial charge in [0.1, 0.15) is 12.1 Å². The lowest BCUT2D eigenvalue weighted by Gasteiger charge is -2.19. The number of nitrogens with zero attached hydrogens (tertiary/aromatic N) is 4. The predicted molar refractivity (Wildman–Crippen MR) is 72.7 cm³/mol. The molecule has 0 spiro atoms. The normalized spacial score (nSPS) is 24.2. The Morgan fingerprint density at radius 1 is 0.818 bits per heavy atom. The number of rotatable bonds is 4. The number of carbonyl (C=O) groups is 2. The van der Waals surface area contributed by atoms with Crippen molar-refractivity contribution in [3.05, 3.63) is 45.2 Å². The third-order valence-electron chi connectivity index (χ3n) is 3.71. The molecule has 10 heteroatoms. The molecule has 2 amide bonds. The van der Waals surface area contributed by atoms with E-state index in [0.717, 1.165) is 21.4 Å². The van der Waals surface area contributed by atoms with Gasteiger partial charge in [-0.05, 0) is 11.1 Å². The Morgan fingerprint density at radius 3 is 1.50 bits per heavy atom. The Kier molecular flexibility index (Phi) is 3.41. The molecule has 2 aliphatic rings. The van der Waals surface area contributed by atoms with E-state index in [4.69, 9.17) is 0 Å². The SMILES string of the molecule is O=NN1NC(=O)C[C@@H]1c1ccc([C@H]2CC(=O)NN2N=O)cc1. The summed E-state index contributed by atoms with van der Waals surface area (Å²) in [7, 11) is 0. The molecule has 0 unspecified atom stereocenters. The van der Waals surface area contributed by atoms with Gasteiger partial charge in [-0.3, -0.25) is 9.59 Å². The summed E-state index contributed by atoms with van der Waals surface area (Å²) < 4.78 is 0. The molecular weight excluding hydrogens is 292 g/mol.